The van der Waals surface area contributed by atoms with E-state index in [1.807, 2.05) is 0 Å². The minimum atomic E-state index is -0.352. The van der Waals surface area contributed by atoms with E-state index < -0.39 is 0 Å². The highest BCUT2D eigenvalue weighted by molar-refractivity contribution is 5.70. The van der Waals surface area contributed by atoms with Gasteiger partial charge >= 0.3 is 0 Å². The molecule has 82 valence electrons. The van der Waals surface area contributed by atoms with E-state index in [2.05, 4.69) is 16.9 Å². The highest BCUT2D eigenvalue weighted by Crippen LogP contribution is 2.05. The summed E-state index contributed by atoms with van der Waals surface area (Å²) < 4.78 is 0. The van der Waals surface area contributed by atoms with E-state index in [1.54, 1.807) is 12.2 Å². The van der Waals surface area contributed by atoms with Crippen LogP contribution in [0.1, 0.15) is 39.0 Å². The first kappa shape index (κ1) is 13.2. The fourth-order valence-electron chi connectivity index (χ4n) is 1.15. The van der Waals surface area contributed by atoms with Crippen molar-refractivity contribution in [2.75, 3.05) is 7.11 Å². The van der Waals surface area contributed by atoms with Crippen LogP contribution in [0.2, 0.25) is 0 Å². The summed E-state index contributed by atoms with van der Waals surface area (Å²) in [4.78, 5) is 4.47. The van der Waals surface area contributed by atoms with Gasteiger partial charge in [0.2, 0.25) is 0 Å². The van der Waals surface area contributed by atoms with Gasteiger partial charge in [0.15, 0.2) is 0 Å². The summed E-state index contributed by atoms with van der Waals surface area (Å²) in [5.74, 6) is 0. The molecule has 0 radical (unpaired) electrons. The Morgan fingerprint density at radius 2 is 2.14 bits per heavy atom. The Hall–Kier alpha value is -0.830. The lowest BCUT2D eigenvalue weighted by Crippen LogP contribution is -2.01. The number of aliphatic hydroxyl groups excluding tert-OH is 1. The van der Waals surface area contributed by atoms with Crippen LogP contribution in [0.25, 0.3) is 0 Å². The zero-order valence-corrected chi connectivity index (χ0v) is 9.15. The molecule has 1 unspecified atom stereocenters. The van der Waals surface area contributed by atoms with Gasteiger partial charge in [0, 0.05) is 0 Å². The summed E-state index contributed by atoms with van der Waals surface area (Å²) in [6, 6.07) is 0. The second kappa shape index (κ2) is 10.3. The normalized spacial score (nSPS) is 13.9. The summed E-state index contributed by atoms with van der Waals surface area (Å²) >= 11 is 0. The molecule has 1 atom stereocenters. The molecule has 0 heterocycles. The third-order valence-corrected chi connectivity index (χ3v) is 1.94. The average molecular weight is 199 g/mol. The molecule has 0 saturated carbocycles. The Morgan fingerprint density at radius 1 is 1.36 bits per heavy atom. The van der Waals surface area contributed by atoms with Crippen LogP contribution in [0.15, 0.2) is 17.3 Å². The highest BCUT2D eigenvalue weighted by atomic mass is 16.6. The van der Waals surface area contributed by atoms with Crippen molar-refractivity contribution in [1.29, 1.82) is 0 Å². The van der Waals surface area contributed by atoms with Crippen molar-refractivity contribution in [2.24, 2.45) is 5.16 Å². The number of rotatable bonds is 8. The van der Waals surface area contributed by atoms with Crippen LogP contribution >= 0.6 is 0 Å². The first-order valence-electron chi connectivity index (χ1n) is 5.22. The maximum absolute atomic E-state index is 9.46. The molecule has 0 amide bonds. The van der Waals surface area contributed by atoms with Crippen molar-refractivity contribution in [3.05, 3.63) is 12.2 Å². The summed E-state index contributed by atoms with van der Waals surface area (Å²) in [7, 11) is 1.49. The van der Waals surface area contributed by atoms with E-state index in [9.17, 15) is 5.11 Å². The van der Waals surface area contributed by atoms with Gasteiger partial charge in [-0.1, -0.05) is 43.8 Å². The van der Waals surface area contributed by atoms with E-state index in [-0.39, 0.29) is 6.10 Å². The number of aliphatic hydroxyl groups is 1. The van der Waals surface area contributed by atoms with Gasteiger partial charge in [-0.25, -0.2) is 0 Å². The van der Waals surface area contributed by atoms with Crippen LogP contribution in [0.3, 0.4) is 0 Å². The number of allylic oxidation sites excluding steroid dienone is 1. The lowest BCUT2D eigenvalue weighted by Gasteiger charge is -2.03. The summed E-state index contributed by atoms with van der Waals surface area (Å²) in [6.45, 7) is 2.18. The van der Waals surface area contributed by atoms with Gasteiger partial charge in [0.25, 0.3) is 0 Å². The number of unbranched alkanes of at least 4 members (excludes halogenated alkanes) is 3. The molecule has 0 bridgehead atoms. The fourth-order valence-corrected chi connectivity index (χ4v) is 1.15. The quantitative estimate of drug-likeness (QED) is 0.371. The highest BCUT2D eigenvalue weighted by Gasteiger charge is 1.97. The van der Waals surface area contributed by atoms with Crippen molar-refractivity contribution in [3.8, 4) is 0 Å². The molecule has 0 aliphatic carbocycles. The Balaban J connectivity index is 3.39. The Kier molecular flexibility index (Phi) is 9.64. The Labute approximate surface area is 86.5 Å². The molecule has 0 aliphatic rings. The van der Waals surface area contributed by atoms with Gasteiger partial charge in [-0.3, -0.25) is 0 Å². The minimum absolute atomic E-state index is 0.352. The van der Waals surface area contributed by atoms with Gasteiger partial charge in [-0.05, 0) is 12.5 Å². The smallest absolute Gasteiger partial charge is 0.106 e. The first-order valence-corrected chi connectivity index (χ1v) is 5.22. The van der Waals surface area contributed by atoms with Crippen molar-refractivity contribution in [1.82, 2.24) is 0 Å². The summed E-state index contributed by atoms with van der Waals surface area (Å²) in [5, 5.41) is 13.0. The lowest BCUT2D eigenvalue weighted by atomic mass is 10.1. The average Bonchev–Trinajstić information content (AvgIpc) is 2.19. The van der Waals surface area contributed by atoms with E-state index in [0.29, 0.717) is 0 Å². The zero-order chi connectivity index (χ0) is 10.6. The predicted molar refractivity (Wildman–Crippen MR) is 59.4 cm³/mol. The molecule has 14 heavy (non-hydrogen) atoms. The molecular formula is C11H21NO2. The van der Waals surface area contributed by atoms with Crippen LogP contribution in [-0.2, 0) is 4.84 Å². The van der Waals surface area contributed by atoms with Crippen molar-refractivity contribution in [2.45, 2.75) is 45.1 Å². The van der Waals surface area contributed by atoms with E-state index in [0.717, 1.165) is 12.8 Å². The largest absolute Gasteiger partial charge is 0.399 e. The van der Waals surface area contributed by atoms with E-state index in [4.69, 9.17) is 0 Å². The number of oxime groups is 1. The van der Waals surface area contributed by atoms with Crippen LogP contribution in [-0.4, -0.2) is 24.5 Å². The standard InChI is InChI=1S/C11H21NO2/c1-3-4-5-6-8-11(13)9-7-10-12-14-2/h7,9-11,13H,3-6,8H2,1-2H3/b9-7+,12-10+. The summed E-state index contributed by atoms with van der Waals surface area (Å²) in [6.07, 6.45) is 10.2. The molecular weight excluding hydrogens is 178 g/mol. The first-order chi connectivity index (χ1) is 6.81. The molecule has 0 aromatic carbocycles. The molecule has 3 heteroatoms. The van der Waals surface area contributed by atoms with Crippen LogP contribution in [0, 0.1) is 0 Å². The zero-order valence-electron chi connectivity index (χ0n) is 9.15. The topological polar surface area (TPSA) is 41.8 Å². The number of hydrogen-bond acceptors (Lipinski definition) is 3. The molecule has 0 aromatic heterocycles. The van der Waals surface area contributed by atoms with Crippen molar-refractivity contribution >= 4 is 6.21 Å². The molecule has 3 nitrogen and oxygen atoms in total. The molecule has 0 aromatic rings. The van der Waals surface area contributed by atoms with Gasteiger partial charge in [-0.15, -0.1) is 0 Å². The van der Waals surface area contributed by atoms with Crippen molar-refractivity contribution < 1.29 is 9.94 Å². The van der Waals surface area contributed by atoms with Crippen LogP contribution in [0.5, 0.6) is 0 Å². The molecule has 0 rings (SSSR count). The van der Waals surface area contributed by atoms with Gasteiger partial charge in [0.1, 0.15) is 7.11 Å². The summed E-state index contributed by atoms with van der Waals surface area (Å²) in [5.41, 5.74) is 0. The molecule has 0 spiro atoms. The number of nitrogens with zero attached hydrogens (tertiary/aromatic N) is 1. The third kappa shape index (κ3) is 9.26. The molecule has 1 N–H and O–H groups in total. The van der Waals surface area contributed by atoms with Gasteiger partial charge in [0.05, 0.1) is 12.3 Å². The van der Waals surface area contributed by atoms with Gasteiger partial charge < -0.3 is 9.94 Å². The number of hydrogen-bond donors (Lipinski definition) is 1. The van der Waals surface area contributed by atoms with Crippen molar-refractivity contribution in [3.63, 3.8) is 0 Å². The second-order valence-corrected chi connectivity index (χ2v) is 3.24. The SMILES string of the molecule is CCCCCCC(O)/C=C/C=N/OC. The van der Waals surface area contributed by atoms with Crippen LogP contribution in [0.4, 0.5) is 0 Å². The Bertz CT molecular complexity index is 167. The van der Waals surface area contributed by atoms with Gasteiger partial charge in [-0.2, -0.15) is 0 Å². The lowest BCUT2D eigenvalue weighted by molar-refractivity contribution is 0.207. The maximum atomic E-state index is 9.46. The molecule has 0 aliphatic heterocycles. The van der Waals surface area contributed by atoms with E-state index >= 15 is 0 Å². The van der Waals surface area contributed by atoms with E-state index in [1.165, 1.54) is 32.6 Å². The Morgan fingerprint density at radius 3 is 2.79 bits per heavy atom. The minimum Gasteiger partial charge on any atom is -0.399 e. The second-order valence-electron chi connectivity index (χ2n) is 3.24. The molecule has 0 fully saturated rings. The third-order valence-electron chi connectivity index (χ3n) is 1.94. The predicted octanol–water partition coefficient (Wildman–Crippen LogP) is 2.51. The van der Waals surface area contributed by atoms with Crippen LogP contribution < -0.4 is 0 Å². The monoisotopic (exact) mass is 199 g/mol. The molecule has 0 saturated heterocycles. The fraction of sp³-hybridized carbons (Fsp3) is 0.727. The maximum Gasteiger partial charge on any atom is 0.106 e.